The zero-order chi connectivity index (χ0) is 19.0. The van der Waals surface area contributed by atoms with E-state index in [0.717, 1.165) is 29.7 Å². The molecule has 0 bridgehead atoms. The van der Waals surface area contributed by atoms with Crippen molar-refractivity contribution in [2.24, 2.45) is 0 Å². The van der Waals surface area contributed by atoms with Gasteiger partial charge in [0, 0.05) is 34.9 Å². The lowest BCUT2D eigenvalue weighted by molar-refractivity contribution is -0.384. The molecule has 6 heteroatoms. The SMILES string of the molecule is Cc1ccc(Nc2ccc3[nH]cc(CC4CCCN4C)c3c2)c([N+](=O)[O-])c1. The van der Waals surface area contributed by atoms with E-state index in [1.165, 1.54) is 23.8 Å². The molecule has 6 nitrogen and oxygen atoms in total. The molecule has 2 aromatic carbocycles. The van der Waals surface area contributed by atoms with Gasteiger partial charge in [-0.1, -0.05) is 6.07 Å². The normalized spacial score (nSPS) is 17.5. The first-order valence-electron chi connectivity index (χ1n) is 9.33. The molecule has 1 aromatic heterocycles. The molecule has 0 aliphatic carbocycles. The summed E-state index contributed by atoms with van der Waals surface area (Å²) in [6.07, 6.45) is 5.60. The number of nitrogens with one attached hydrogen (secondary N) is 2. The lowest BCUT2D eigenvalue weighted by atomic mass is 10.0. The lowest BCUT2D eigenvalue weighted by Crippen LogP contribution is -2.26. The van der Waals surface area contributed by atoms with Gasteiger partial charge in [-0.05, 0) is 75.2 Å². The molecule has 0 saturated carbocycles. The second kappa shape index (κ2) is 7.04. The molecule has 1 unspecified atom stereocenters. The smallest absolute Gasteiger partial charge is 0.292 e. The van der Waals surface area contributed by atoms with Crippen molar-refractivity contribution in [3.05, 3.63) is 63.8 Å². The van der Waals surface area contributed by atoms with Crippen LogP contribution in [0.2, 0.25) is 0 Å². The number of nitro benzene ring substituents is 1. The van der Waals surface area contributed by atoms with Crippen LogP contribution in [0.25, 0.3) is 10.9 Å². The number of rotatable bonds is 5. The van der Waals surface area contributed by atoms with Gasteiger partial charge in [-0.3, -0.25) is 10.1 Å². The van der Waals surface area contributed by atoms with Crippen molar-refractivity contribution < 1.29 is 4.92 Å². The Hall–Kier alpha value is -2.86. The molecule has 0 spiro atoms. The Balaban J connectivity index is 1.64. The monoisotopic (exact) mass is 364 g/mol. The summed E-state index contributed by atoms with van der Waals surface area (Å²) in [5.74, 6) is 0. The Kier molecular flexibility index (Phi) is 4.58. The highest BCUT2D eigenvalue weighted by molar-refractivity contribution is 5.88. The van der Waals surface area contributed by atoms with Crippen molar-refractivity contribution in [1.82, 2.24) is 9.88 Å². The van der Waals surface area contributed by atoms with E-state index in [1.807, 2.05) is 25.1 Å². The number of likely N-dealkylation sites (N-methyl/N-ethyl adjacent to an activating group) is 1. The molecule has 1 atom stereocenters. The molecule has 3 aromatic rings. The van der Waals surface area contributed by atoms with E-state index in [4.69, 9.17) is 0 Å². The zero-order valence-corrected chi connectivity index (χ0v) is 15.7. The summed E-state index contributed by atoms with van der Waals surface area (Å²) in [5.41, 5.74) is 4.72. The minimum atomic E-state index is -0.342. The number of likely N-dealkylation sites (tertiary alicyclic amines) is 1. The van der Waals surface area contributed by atoms with Gasteiger partial charge < -0.3 is 15.2 Å². The molecule has 1 saturated heterocycles. The van der Waals surface area contributed by atoms with Gasteiger partial charge in [-0.25, -0.2) is 0 Å². The minimum Gasteiger partial charge on any atom is -0.361 e. The average Bonchev–Trinajstić information content (AvgIpc) is 3.23. The Labute approximate surface area is 158 Å². The van der Waals surface area contributed by atoms with E-state index in [9.17, 15) is 10.1 Å². The maximum absolute atomic E-state index is 11.4. The molecule has 0 amide bonds. The van der Waals surface area contributed by atoms with Gasteiger partial charge in [0.15, 0.2) is 0 Å². The van der Waals surface area contributed by atoms with Crippen LogP contribution in [0.4, 0.5) is 17.1 Å². The first kappa shape index (κ1) is 17.5. The number of benzene rings is 2. The maximum Gasteiger partial charge on any atom is 0.292 e. The van der Waals surface area contributed by atoms with E-state index in [0.29, 0.717) is 11.7 Å². The molecule has 140 valence electrons. The van der Waals surface area contributed by atoms with Crippen LogP contribution >= 0.6 is 0 Å². The molecule has 4 rings (SSSR count). The highest BCUT2D eigenvalue weighted by Crippen LogP contribution is 2.31. The van der Waals surface area contributed by atoms with Crippen molar-refractivity contribution in [3.63, 3.8) is 0 Å². The fraction of sp³-hybridized carbons (Fsp3) is 0.333. The fourth-order valence-electron chi connectivity index (χ4n) is 3.97. The van der Waals surface area contributed by atoms with Crippen molar-refractivity contribution in [2.45, 2.75) is 32.2 Å². The van der Waals surface area contributed by atoms with Gasteiger partial charge in [0.1, 0.15) is 5.69 Å². The molecular formula is C21H24N4O2. The molecule has 2 N–H and O–H groups in total. The first-order chi connectivity index (χ1) is 13.0. The van der Waals surface area contributed by atoms with Crippen LogP contribution in [0.3, 0.4) is 0 Å². The summed E-state index contributed by atoms with van der Waals surface area (Å²) in [7, 11) is 2.19. The van der Waals surface area contributed by atoms with Gasteiger partial charge in [0.25, 0.3) is 5.69 Å². The summed E-state index contributed by atoms with van der Waals surface area (Å²) in [5, 5.41) is 15.8. The molecule has 27 heavy (non-hydrogen) atoms. The Morgan fingerprint density at radius 1 is 1.30 bits per heavy atom. The highest BCUT2D eigenvalue weighted by Gasteiger charge is 2.22. The first-order valence-corrected chi connectivity index (χ1v) is 9.33. The molecular weight excluding hydrogens is 340 g/mol. The molecule has 1 fully saturated rings. The van der Waals surface area contributed by atoms with Crippen molar-refractivity contribution in [3.8, 4) is 0 Å². The minimum absolute atomic E-state index is 0.0944. The number of nitrogens with zero attached hydrogens (tertiary/aromatic N) is 2. The van der Waals surface area contributed by atoms with E-state index < -0.39 is 0 Å². The van der Waals surface area contributed by atoms with Crippen LogP contribution < -0.4 is 5.32 Å². The summed E-state index contributed by atoms with van der Waals surface area (Å²) < 4.78 is 0. The summed E-state index contributed by atoms with van der Waals surface area (Å²) in [6, 6.07) is 11.9. The fourth-order valence-corrected chi connectivity index (χ4v) is 3.97. The number of hydrogen-bond acceptors (Lipinski definition) is 4. The van der Waals surface area contributed by atoms with Crippen LogP contribution in [-0.4, -0.2) is 34.4 Å². The van der Waals surface area contributed by atoms with Crippen molar-refractivity contribution >= 4 is 28.0 Å². The molecule has 0 radical (unpaired) electrons. The van der Waals surface area contributed by atoms with Crippen LogP contribution in [0.5, 0.6) is 0 Å². The summed E-state index contributed by atoms with van der Waals surface area (Å²) >= 11 is 0. The predicted molar refractivity (Wildman–Crippen MR) is 109 cm³/mol. The predicted octanol–water partition coefficient (Wildman–Crippen LogP) is 4.76. The maximum atomic E-state index is 11.4. The molecule has 1 aliphatic heterocycles. The van der Waals surface area contributed by atoms with Gasteiger partial charge in [-0.15, -0.1) is 0 Å². The molecule has 2 heterocycles. The Morgan fingerprint density at radius 2 is 2.15 bits per heavy atom. The van der Waals surface area contributed by atoms with E-state index in [2.05, 4.69) is 34.5 Å². The second-order valence-corrected chi connectivity index (χ2v) is 7.46. The van der Waals surface area contributed by atoms with Crippen LogP contribution in [0.1, 0.15) is 24.0 Å². The van der Waals surface area contributed by atoms with E-state index >= 15 is 0 Å². The lowest BCUT2D eigenvalue weighted by Gasteiger charge is -2.18. The summed E-state index contributed by atoms with van der Waals surface area (Å²) in [6.45, 7) is 3.02. The van der Waals surface area contributed by atoms with Crippen LogP contribution in [0.15, 0.2) is 42.6 Å². The number of aromatic amines is 1. The van der Waals surface area contributed by atoms with Gasteiger partial charge >= 0.3 is 0 Å². The second-order valence-electron chi connectivity index (χ2n) is 7.46. The third kappa shape index (κ3) is 3.53. The number of aromatic nitrogens is 1. The quantitative estimate of drug-likeness (QED) is 0.505. The van der Waals surface area contributed by atoms with Crippen LogP contribution in [-0.2, 0) is 6.42 Å². The molecule has 1 aliphatic rings. The average molecular weight is 364 g/mol. The highest BCUT2D eigenvalue weighted by atomic mass is 16.6. The zero-order valence-electron chi connectivity index (χ0n) is 15.7. The topological polar surface area (TPSA) is 74.2 Å². The third-order valence-electron chi connectivity index (χ3n) is 5.52. The van der Waals surface area contributed by atoms with E-state index in [-0.39, 0.29) is 10.6 Å². The van der Waals surface area contributed by atoms with Crippen molar-refractivity contribution in [1.29, 1.82) is 0 Å². The Morgan fingerprint density at radius 3 is 2.89 bits per heavy atom. The number of fused-ring (bicyclic) bond motifs is 1. The van der Waals surface area contributed by atoms with Crippen LogP contribution in [0, 0.1) is 17.0 Å². The van der Waals surface area contributed by atoms with Gasteiger partial charge in [0.05, 0.1) is 4.92 Å². The van der Waals surface area contributed by atoms with Crippen molar-refractivity contribution in [2.75, 3.05) is 18.9 Å². The number of H-pyrrole nitrogens is 1. The van der Waals surface area contributed by atoms with Gasteiger partial charge in [0.2, 0.25) is 0 Å². The number of aryl methyl sites for hydroxylation is 1. The largest absolute Gasteiger partial charge is 0.361 e. The number of anilines is 2. The van der Waals surface area contributed by atoms with E-state index in [1.54, 1.807) is 12.1 Å². The van der Waals surface area contributed by atoms with Gasteiger partial charge in [-0.2, -0.15) is 0 Å². The number of hydrogen-bond donors (Lipinski definition) is 2. The standard InChI is InChI=1S/C21H24N4O2/c1-14-5-7-20(21(10-14)25(26)27)23-16-6-8-19-18(12-16)15(13-22-19)11-17-4-3-9-24(17)2/h5-8,10,12-13,17,22-23H,3-4,9,11H2,1-2H3. The summed E-state index contributed by atoms with van der Waals surface area (Å²) in [4.78, 5) is 16.8. The third-order valence-corrected chi connectivity index (χ3v) is 5.52. The number of nitro groups is 1. The Bertz CT molecular complexity index is 995.